The lowest BCUT2D eigenvalue weighted by Crippen LogP contribution is -2.05. The van der Waals surface area contributed by atoms with Gasteiger partial charge in [0.25, 0.3) is 0 Å². The van der Waals surface area contributed by atoms with Crippen LogP contribution in [0, 0.1) is 3.57 Å². The lowest BCUT2D eigenvalue weighted by atomic mass is 10.2. The maximum atomic E-state index is 6.11. The minimum Gasteiger partial charge on any atom is -0.489 e. The van der Waals surface area contributed by atoms with Crippen molar-refractivity contribution in [3.05, 3.63) is 98.1 Å². The van der Waals surface area contributed by atoms with E-state index in [1.165, 1.54) is 3.57 Å². The van der Waals surface area contributed by atoms with Crippen LogP contribution in [0.4, 0.5) is 0 Å². The molecule has 1 N–H and O–H groups in total. The first-order valence-corrected chi connectivity index (χ1v) is 9.63. The van der Waals surface area contributed by atoms with Gasteiger partial charge in [-0.2, -0.15) is 5.10 Å². The summed E-state index contributed by atoms with van der Waals surface area (Å²) in [6, 6.07) is 23.9. The molecule has 0 spiro atoms. The average molecular weight is 477 g/mol. The van der Waals surface area contributed by atoms with Gasteiger partial charge in [-0.3, -0.25) is 0 Å². The van der Waals surface area contributed by atoms with Crippen LogP contribution in [-0.4, -0.2) is 6.21 Å². The number of ether oxygens (including phenoxy) is 1. The van der Waals surface area contributed by atoms with Crippen LogP contribution in [0.3, 0.4) is 0 Å². The fourth-order valence-corrected chi connectivity index (χ4v) is 2.85. The second-order valence-corrected chi connectivity index (χ2v) is 7.32. The number of nitrogens with one attached hydrogen (secondary N) is 1. The molecule has 3 nitrogen and oxygen atoms in total. The smallest absolute Gasteiger partial charge is 0.119 e. The normalized spacial score (nSPS) is 10.8. The molecule has 26 heavy (non-hydrogen) atoms. The van der Waals surface area contributed by atoms with Gasteiger partial charge in [0.05, 0.1) is 12.8 Å². The molecule has 132 valence electrons. The van der Waals surface area contributed by atoms with Gasteiger partial charge >= 0.3 is 0 Å². The second-order valence-electron chi connectivity index (χ2n) is 5.67. The van der Waals surface area contributed by atoms with Gasteiger partial charge in [0.1, 0.15) is 12.4 Å². The average Bonchev–Trinajstić information content (AvgIpc) is 2.67. The van der Waals surface area contributed by atoms with Gasteiger partial charge in [0, 0.05) is 8.59 Å². The van der Waals surface area contributed by atoms with Crippen molar-refractivity contribution in [2.24, 2.45) is 5.10 Å². The Bertz CT molecular complexity index is 864. The molecule has 0 aliphatic carbocycles. The topological polar surface area (TPSA) is 33.6 Å². The fraction of sp³-hybridized carbons (Fsp3) is 0.0952. The molecule has 0 heterocycles. The summed E-state index contributed by atoms with van der Waals surface area (Å²) in [4.78, 5) is 0. The maximum absolute atomic E-state index is 6.11. The van der Waals surface area contributed by atoms with Crippen molar-refractivity contribution in [1.29, 1.82) is 0 Å². The van der Waals surface area contributed by atoms with Gasteiger partial charge < -0.3 is 10.2 Å². The van der Waals surface area contributed by atoms with Gasteiger partial charge in [-0.05, 0) is 81.7 Å². The molecule has 0 saturated carbocycles. The summed E-state index contributed by atoms with van der Waals surface area (Å²) >= 11 is 8.41. The van der Waals surface area contributed by atoms with Gasteiger partial charge in [-0.15, -0.1) is 0 Å². The number of hydrazone groups is 1. The van der Waals surface area contributed by atoms with Crippen LogP contribution >= 0.6 is 34.2 Å². The Kier molecular flexibility index (Phi) is 6.91. The molecular formula is C21H18ClIN2O. The molecule has 3 aromatic rings. The molecule has 0 saturated heterocycles. The predicted octanol–water partition coefficient (Wildman–Crippen LogP) is 5.65. The Balaban J connectivity index is 1.48. The van der Waals surface area contributed by atoms with Crippen LogP contribution in [0.2, 0.25) is 5.02 Å². The predicted molar refractivity (Wildman–Crippen MR) is 116 cm³/mol. The highest BCUT2D eigenvalue weighted by Gasteiger charge is 1.98. The Labute approximate surface area is 172 Å². The summed E-state index contributed by atoms with van der Waals surface area (Å²) in [5.74, 6) is 0.838. The summed E-state index contributed by atoms with van der Waals surface area (Å²) in [5, 5.41) is 4.97. The number of hydrogen-bond acceptors (Lipinski definition) is 3. The van der Waals surface area contributed by atoms with Crippen molar-refractivity contribution in [3.63, 3.8) is 0 Å². The molecule has 3 rings (SSSR count). The molecule has 3 aromatic carbocycles. The summed E-state index contributed by atoms with van der Waals surface area (Å²) in [6.07, 6.45) is 1.78. The minimum atomic E-state index is 0.559. The lowest BCUT2D eigenvalue weighted by Gasteiger charge is -2.07. The molecular weight excluding hydrogens is 459 g/mol. The molecule has 0 bridgehead atoms. The number of rotatable bonds is 7. The molecule has 0 aliphatic rings. The number of hydrogen-bond donors (Lipinski definition) is 1. The SMILES string of the molecule is Clc1ccccc1CN/N=C\c1ccc(OCc2ccc(I)cc2)cc1. The minimum absolute atomic E-state index is 0.559. The molecule has 0 aliphatic heterocycles. The van der Waals surface area contributed by atoms with Crippen LogP contribution in [-0.2, 0) is 13.2 Å². The zero-order chi connectivity index (χ0) is 18.2. The van der Waals surface area contributed by atoms with Crippen LogP contribution < -0.4 is 10.2 Å². The van der Waals surface area contributed by atoms with E-state index in [9.17, 15) is 0 Å². The zero-order valence-corrected chi connectivity index (χ0v) is 16.9. The van der Waals surface area contributed by atoms with E-state index in [0.29, 0.717) is 13.2 Å². The first-order chi connectivity index (χ1) is 12.7. The second kappa shape index (κ2) is 9.59. The fourth-order valence-electron chi connectivity index (χ4n) is 2.29. The van der Waals surface area contributed by atoms with Crippen molar-refractivity contribution in [3.8, 4) is 5.75 Å². The van der Waals surface area contributed by atoms with Gasteiger partial charge in [0.15, 0.2) is 0 Å². The van der Waals surface area contributed by atoms with Gasteiger partial charge in [0.2, 0.25) is 0 Å². The zero-order valence-electron chi connectivity index (χ0n) is 14.0. The Morgan fingerprint density at radius 2 is 1.69 bits per heavy atom. The van der Waals surface area contributed by atoms with Crippen LogP contribution in [0.5, 0.6) is 5.75 Å². The van der Waals surface area contributed by atoms with Crippen molar-refractivity contribution in [2.45, 2.75) is 13.2 Å². The molecule has 0 atom stereocenters. The highest BCUT2D eigenvalue weighted by Crippen LogP contribution is 2.15. The Hall–Kier alpha value is -2.05. The lowest BCUT2D eigenvalue weighted by molar-refractivity contribution is 0.306. The molecule has 0 aromatic heterocycles. The third-order valence-electron chi connectivity index (χ3n) is 3.73. The van der Waals surface area contributed by atoms with E-state index < -0.39 is 0 Å². The molecule has 0 radical (unpaired) electrons. The summed E-state index contributed by atoms with van der Waals surface area (Å²) in [5.41, 5.74) is 6.18. The van der Waals surface area contributed by atoms with Crippen molar-refractivity contribution in [1.82, 2.24) is 5.43 Å². The van der Waals surface area contributed by atoms with E-state index >= 15 is 0 Å². The van der Waals surface area contributed by atoms with E-state index in [2.05, 4.69) is 57.4 Å². The number of halogens is 2. The van der Waals surface area contributed by atoms with Crippen LogP contribution in [0.25, 0.3) is 0 Å². The first-order valence-electron chi connectivity index (χ1n) is 8.17. The highest BCUT2D eigenvalue weighted by atomic mass is 127. The maximum Gasteiger partial charge on any atom is 0.119 e. The van der Waals surface area contributed by atoms with E-state index in [-0.39, 0.29) is 0 Å². The summed E-state index contributed by atoms with van der Waals surface area (Å²) < 4.78 is 7.03. The summed E-state index contributed by atoms with van der Waals surface area (Å²) in [7, 11) is 0. The van der Waals surface area contributed by atoms with Crippen molar-refractivity contribution in [2.75, 3.05) is 0 Å². The largest absolute Gasteiger partial charge is 0.489 e. The first kappa shape index (κ1) is 18.7. The van der Waals surface area contributed by atoms with E-state index in [0.717, 1.165) is 27.5 Å². The molecule has 0 amide bonds. The highest BCUT2D eigenvalue weighted by molar-refractivity contribution is 14.1. The summed E-state index contributed by atoms with van der Waals surface area (Å²) in [6.45, 7) is 1.15. The molecule has 0 fully saturated rings. The molecule has 5 heteroatoms. The van der Waals surface area contributed by atoms with Crippen molar-refractivity contribution >= 4 is 40.4 Å². The van der Waals surface area contributed by atoms with Gasteiger partial charge in [-0.1, -0.05) is 41.9 Å². The third-order valence-corrected chi connectivity index (χ3v) is 4.82. The standard InChI is InChI=1S/C21H18ClIN2O/c22-21-4-2-1-3-18(21)14-25-24-13-16-7-11-20(12-8-16)26-15-17-5-9-19(23)10-6-17/h1-13,25H,14-15H2/b24-13-. The quantitative estimate of drug-likeness (QED) is 0.272. The van der Waals surface area contributed by atoms with E-state index in [1.54, 1.807) is 6.21 Å². The van der Waals surface area contributed by atoms with E-state index in [4.69, 9.17) is 16.3 Å². The van der Waals surface area contributed by atoms with Crippen LogP contribution in [0.1, 0.15) is 16.7 Å². The Morgan fingerprint density at radius 1 is 0.962 bits per heavy atom. The number of nitrogens with zero attached hydrogens (tertiary/aromatic N) is 1. The van der Waals surface area contributed by atoms with E-state index in [1.807, 2.05) is 48.5 Å². The van der Waals surface area contributed by atoms with Crippen LogP contribution in [0.15, 0.2) is 77.9 Å². The third kappa shape index (κ3) is 5.75. The number of benzene rings is 3. The monoisotopic (exact) mass is 476 g/mol. The van der Waals surface area contributed by atoms with Gasteiger partial charge in [-0.25, -0.2) is 0 Å². The Morgan fingerprint density at radius 3 is 2.42 bits per heavy atom. The molecule has 0 unspecified atom stereocenters. The van der Waals surface area contributed by atoms with Crippen molar-refractivity contribution < 1.29 is 4.74 Å².